The number of ketones is 1. The number of nitrogens with one attached hydrogen (secondary N) is 1. The largest absolute Gasteiger partial charge is 0.444 e. The van der Waals surface area contributed by atoms with Crippen molar-refractivity contribution in [3.8, 4) is 11.5 Å². The normalized spacial score (nSPS) is 15.9. The molecule has 0 spiro atoms. The molecule has 3 aromatic rings. The van der Waals surface area contributed by atoms with Crippen LogP contribution < -0.4 is 5.32 Å². The summed E-state index contributed by atoms with van der Waals surface area (Å²) in [6.07, 6.45) is 7.93. The highest BCUT2D eigenvalue weighted by molar-refractivity contribution is 6.08. The van der Waals surface area contributed by atoms with Crippen LogP contribution in [0.25, 0.3) is 11.5 Å². The van der Waals surface area contributed by atoms with Gasteiger partial charge in [-0.2, -0.15) is 0 Å². The second-order valence-corrected chi connectivity index (χ2v) is 7.51. The van der Waals surface area contributed by atoms with Gasteiger partial charge in [-0.15, -0.1) is 0 Å². The summed E-state index contributed by atoms with van der Waals surface area (Å²) in [6.45, 7) is 2.12. The number of nitrogens with zero attached hydrogens (tertiary/aromatic N) is 2. The molecule has 0 saturated carbocycles. The topological polar surface area (TPSA) is 104 Å². The van der Waals surface area contributed by atoms with E-state index in [1.165, 1.54) is 18.9 Å². The van der Waals surface area contributed by atoms with Crippen LogP contribution in [-0.4, -0.2) is 54.1 Å². The molecule has 1 aliphatic heterocycles. The predicted molar refractivity (Wildman–Crippen MR) is 116 cm³/mol. The van der Waals surface area contributed by atoms with E-state index in [1.54, 1.807) is 42.6 Å². The van der Waals surface area contributed by atoms with Gasteiger partial charge in [0, 0.05) is 42.2 Å². The van der Waals surface area contributed by atoms with Crippen molar-refractivity contribution in [2.75, 3.05) is 26.4 Å². The lowest BCUT2D eigenvalue weighted by molar-refractivity contribution is -0.0397. The number of carbonyl (C=O) groups is 2. The lowest BCUT2D eigenvalue weighted by Gasteiger charge is -2.22. The van der Waals surface area contributed by atoms with Crippen LogP contribution in [0, 0.1) is 0 Å². The van der Waals surface area contributed by atoms with E-state index < -0.39 is 0 Å². The van der Waals surface area contributed by atoms with Gasteiger partial charge in [0.25, 0.3) is 5.91 Å². The van der Waals surface area contributed by atoms with Crippen molar-refractivity contribution in [2.24, 2.45) is 0 Å². The fourth-order valence-electron chi connectivity index (χ4n) is 3.42. The van der Waals surface area contributed by atoms with Gasteiger partial charge in [0.15, 0.2) is 11.5 Å². The van der Waals surface area contributed by atoms with E-state index in [0.717, 1.165) is 19.4 Å². The summed E-state index contributed by atoms with van der Waals surface area (Å²) in [5.74, 6) is -0.142. The van der Waals surface area contributed by atoms with Gasteiger partial charge in [-0.1, -0.05) is 12.1 Å². The monoisotopic (exact) mass is 435 g/mol. The smallest absolute Gasteiger partial charge is 0.273 e. The van der Waals surface area contributed by atoms with Crippen LogP contribution >= 0.6 is 0 Å². The Kier molecular flexibility index (Phi) is 7.37. The van der Waals surface area contributed by atoms with E-state index in [9.17, 15) is 9.59 Å². The molecule has 8 nitrogen and oxygen atoms in total. The third-order valence-corrected chi connectivity index (χ3v) is 5.16. The van der Waals surface area contributed by atoms with Gasteiger partial charge < -0.3 is 19.2 Å². The zero-order valence-electron chi connectivity index (χ0n) is 17.7. The summed E-state index contributed by atoms with van der Waals surface area (Å²) in [7, 11) is 0. The van der Waals surface area contributed by atoms with Crippen LogP contribution in [0.4, 0.5) is 0 Å². The SMILES string of the molecule is O=C(c1ccc(-c2nc(C(=O)NCCOCC3CCCCO3)co2)cc1)c1cccnc1. The number of carbonyl (C=O) groups excluding carboxylic acids is 2. The Balaban J connectivity index is 1.26. The van der Waals surface area contributed by atoms with Crippen molar-refractivity contribution < 1.29 is 23.5 Å². The summed E-state index contributed by atoms with van der Waals surface area (Å²) < 4.78 is 16.6. The predicted octanol–water partition coefficient (Wildman–Crippen LogP) is 3.28. The van der Waals surface area contributed by atoms with Crippen molar-refractivity contribution in [3.63, 3.8) is 0 Å². The first-order valence-electron chi connectivity index (χ1n) is 10.7. The minimum atomic E-state index is -0.333. The lowest BCUT2D eigenvalue weighted by Crippen LogP contribution is -2.30. The number of benzene rings is 1. The standard InChI is InChI=1S/C24H25N3O5/c28-22(19-4-3-10-25-14-19)17-6-8-18(9-7-17)24-27-21(16-32-24)23(29)26-11-13-30-15-20-5-1-2-12-31-20/h3-4,6-10,14,16,20H,1-2,5,11-13,15H2,(H,26,29). The Morgan fingerprint density at radius 1 is 1.12 bits per heavy atom. The molecule has 1 atom stereocenters. The number of amides is 1. The first kappa shape index (κ1) is 21.9. The van der Waals surface area contributed by atoms with Gasteiger partial charge in [-0.25, -0.2) is 4.98 Å². The minimum absolute atomic E-state index is 0.116. The second kappa shape index (κ2) is 10.8. The molecule has 2 aromatic heterocycles. The number of aromatic nitrogens is 2. The van der Waals surface area contributed by atoms with Crippen LogP contribution in [-0.2, 0) is 9.47 Å². The molecule has 4 rings (SSSR count). The van der Waals surface area contributed by atoms with Crippen molar-refractivity contribution >= 4 is 11.7 Å². The summed E-state index contributed by atoms with van der Waals surface area (Å²) >= 11 is 0. The van der Waals surface area contributed by atoms with E-state index in [0.29, 0.717) is 42.3 Å². The van der Waals surface area contributed by atoms with Gasteiger partial charge in [0.05, 0.1) is 19.3 Å². The Morgan fingerprint density at radius 2 is 2.00 bits per heavy atom. The zero-order chi connectivity index (χ0) is 22.2. The first-order chi connectivity index (χ1) is 15.7. The number of hydrogen-bond acceptors (Lipinski definition) is 7. The molecule has 0 bridgehead atoms. The third-order valence-electron chi connectivity index (χ3n) is 5.16. The maximum atomic E-state index is 12.5. The van der Waals surface area contributed by atoms with Crippen molar-refractivity contribution in [2.45, 2.75) is 25.4 Å². The Hall–Kier alpha value is -3.36. The average molecular weight is 435 g/mol. The summed E-state index contributed by atoms with van der Waals surface area (Å²) in [4.78, 5) is 33.0. The van der Waals surface area contributed by atoms with Gasteiger partial charge in [-0.3, -0.25) is 14.6 Å². The van der Waals surface area contributed by atoms with Gasteiger partial charge in [0.2, 0.25) is 5.89 Å². The van der Waals surface area contributed by atoms with E-state index in [4.69, 9.17) is 13.9 Å². The number of oxazole rings is 1. The Labute approximate surface area is 186 Å². The maximum absolute atomic E-state index is 12.5. The first-order valence-corrected chi connectivity index (χ1v) is 10.7. The highest BCUT2D eigenvalue weighted by Gasteiger charge is 2.16. The van der Waals surface area contributed by atoms with Gasteiger partial charge in [0.1, 0.15) is 6.26 Å². The Morgan fingerprint density at radius 3 is 2.75 bits per heavy atom. The molecule has 3 heterocycles. The quantitative estimate of drug-likeness (QED) is 0.406. The summed E-state index contributed by atoms with van der Waals surface area (Å²) in [5, 5.41) is 2.77. The highest BCUT2D eigenvalue weighted by Crippen LogP contribution is 2.20. The van der Waals surface area contributed by atoms with Crippen LogP contribution in [0.3, 0.4) is 0 Å². The molecule has 1 fully saturated rings. The number of pyridine rings is 1. The number of ether oxygens (including phenoxy) is 2. The summed E-state index contributed by atoms with van der Waals surface area (Å²) in [5.41, 5.74) is 1.91. The number of hydrogen-bond donors (Lipinski definition) is 1. The molecule has 8 heteroatoms. The minimum Gasteiger partial charge on any atom is -0.444 e. The van der Waals surface area contributed by atoms with Crippen LogP contribution in [0.15, 0.2) is 59.5 Å². The van der Waals surface area contributed by atoms with E-state index >= 15 is 0 Å². The molecule has 0 radical (unpaired) electrons. The van der Waals surface area contributed by atoms with Gasteiger partial charge >= 0.3 is 0 Å². The van der Waals surface area contributed by atoms with Crippen molar-refractivity contribution in [1.29, 1.82) is 0 Å². The lowest BCUT2D eigenvalue weighted by atomic mass is 10.0. The second-order valence-electron chi connectivity index (χ2n) is 7.51. The molecular weight excluding hydrogens is 410 g/mol. The fraction of sp³-hybridized carbons (Fsp3) is 0.333. The van der Waals surface area contributed by atoms with Gasteiger partial charge in [-0.05, 0) is 43.5 Å². The van der Waals surface area contributed by atoms with E-state index in [1.807, 2.05) is 0 Å². The highest BCUT2D eigenvalue weighted by atomic mass is 16.5. The molecule has 1 N–H and O–H groups in total. The molecule has 0 aliphatic carbocycles. The fourth-order valence-corrected chi connectivity index (χ4v) is 3.42. The van der Waals surface area contributed by atoms with E-state index in [2.05, 4.69) is 15.3 Å². The van der Waals surface area contributed by atoms with E-state index in [-0.39, 0.29) is 23.5 Å². The molecule has 166 valence electrons. The zero-order valence-corrected chi connectivity index (χ0v) is 17.7. The Bertz CT molecular complexity index is 1030. The molecule has 1 amide bonds. The molecule has 1 saturated heterocycles. The van der Waals surface area contributed by atoms with Crippen molar-refractivity contribution in [1.82, 2.24) is 15.3 Å². The number of rotatable bonds is 9. The van der Waals surface area contributed by atoms with Crippen molar-refractivity contribution in [3.05, 3.63) is 71.9 Å². The molecule has 32 heavy (non-hydrogen) atoms. The third kappa shape index (κ3) is 5.66. The molecule has 1 aromatic carbocycles. The van der Waals surface area contributed by atoms with Crippen LogP contribution in [0.2, 0.25) is 0 Å². The van der Waals surface area contributed by atoms with Crippen LogP contribution in [0.5, 0.6) is 0 Å². The molecular formula is C24H25N3O5. The molecule has 1 aliphatic rings. The van der Waals surface area contributed by atoms with Crippen LogP contribution in [0.1, 0.15) is 45.7 Å². The maximum Gasteiger partial charge on any atom is 0.273 e. The average Bonchev–Trinajstić information content (AvgIpc) is 3.35. The summed E-state index contributed by atoms with van der Waals surface area (Å²) in [6, 6.07) is 10.3. The molecule has 1 unspecified atom stereocenters.